The smallest absolute Gasteiger partial charge is 0.335 e. The van der Waals surface area contributed by atoms with E-state index in [0.717, 1.165) is 44.8 Å². The third-order valence-electron chi connectivity index (χ3n) is 5.20. The molecule has 4 aromatic rings. The Bertz CT molecular complexity index is 1420. The molecule has 0 radical (unpaired) electrons. The molecule has 2 aliphatic heterocycles. The first-order chi connectivity index (χ1) is 16.5. The molecule has 7 heteroatoms. The summed E-state index contributed by atoms with van der Waals surface area (Å²) >= 11 is 0. The number of carbonyl (C=O) groups is 1. The zero-order valence-electron chi connectivity index (χ0n) is 18.1. The molecule has 8 bridgehead atoms. The lowest BCUT2D eigenvalue weighted by molar-refractivity contribution is 0.0697. The molecule has 6 rings (SSSR count). The number of aromatic nitrogens is 4. The molecule has 5 heterocycles. The van der Waals surface area contributed by atoms with Gasteiger partial charge in [-0.2, -0.15) is 0 Å². The van der Waals surface area contributed by atoms with E-state index in [2.05, 4.69) is 44.2 Å². The van der Waals surface area contributed by atoms with E-state index in [0.29, 0.717) is 5.69 Å². The maximum Gasteiger partial charge on any atom is 0.335 e. The predicted octanol–water partition coefficient (Wildman–Crippen LogP) is 5.62. The van der Waals surface area contributed by atoms with Gasteiger partial charge in [0.25, 0.3) is 0 Å². The van der Waals surface area contributed by atoms with E-state index < -0.39 is 5.97 Å². The zero-order chi connectivity index (χ0) is 23.5. The summed E-state index contributed by atoms with van der Waals surface area (Å²) in [5.41, 5.74) is 14.0. The van der Waals surface area contributed by atoms with Gasteiger partial charge in [-0.3, -0.25) is 0 Å². The van der Waals surface area contributed by atoms with Crippen LogP contribution in [0.4, 0.5) is 5.69 Å². The maximum atomic E-state index is 10.3. The average molecular weight is 447 g/mol. The standard InChI is InChI=1S/C20H14N4.C7H7NO2/c1-2-14-10-16-5-6-18(23-16)12-20-8-7-19(24-20)11-17-4-3-15(22-17)9-13(1)21-14;8-6-3-1-5(2-4-6)7(9)10/h1-12,21,24H;1-4H,8H2,(H,9,10). The number of nitrogens with zero attached hydrogens (tertiary/aromatic N) is 2. The minimum Gasteiger partial charge on any atom is -0.478 e. The van der Waals surface area contributed by atoms with Gasteiger partial charge in [0.15, 0.2) is 0 Å². The van der Waals surface area contributed by atoms with E-state index in [1.807, 2.05) is 48.6 Å². The highest BCUT2D eigenvalue weighted by Crippen LogP contribution is 2.17. The van der Waals surface area contributed by atoms with Gasteiger partial charge in [0.2, 0.25) is 0 Å². The first-order valence-corrected chi connectivity index (χ1v) is 10.6. The zero-order valence-corrected chi connectivity index (χ0v) is 18.1. The molecule has 166 valence electrons. The number of carboxylic acids is 1. The maximum absolute atomic E-state index is 10.3. The van der Waals surface area contributed by atoms with E-state index in [1.165, 1.54) is 12.1 Å². The Morgan fingerprint density at radius 3 is 1.29 bits per heavy atom. The minimum absolute atomic E-state index is 0.259. The lowest BCUT2D eigenvalue weighted by atomic mass is 10.2. The molecule has 0 spiro atoms. The number of H-pyrrole nitrogens is 2. The summed E-state index contributed by atoms with van der Waals surface area (Å²) in [6.07, 6.45) is 8.09. The number of nitrogens with two attached hydrogens (primary N) is 1. The van der Waals surface area contributed by atoms with E-state index >= 15 is 0 Å². The Balaban J connectivity index is 0.000000204. The normalized spacial score (nSPS) is 11.6. The highest BCUT2D eigenvalue weighted by Gasteiger charge is 2.01. The average Bonchev–Trinajstić information content (AvgIpc) is 3.60. The molecule has 5 N–H and O–H groups in total. The van der Waals surface area contributed by atoms with Crippen molar-refractivity contribution in [2.24, 2.45) is 0 Å². The molecule has 0 unspecified atom stereocenters. The van der Waals surface area contributed by atoms with Crippen LogP contribution in [0.25, 0.3) is 46.4 Å². The Labute approximate surface area is 195 Å². The molecule has 0 aliphatic carbocycles. The van der Waals surface area contributed by atoms with E-state index in [9.17, 15) is 4.79 Å². The number of anilines is 1. The fourth-order valence-corrected chi connectivity index (χ4v) is 3.57. The molecule has 0 fully saturated rings. The molecular weight excluding hydrogens is 426 g/mol. The van der Waals surface area contributed by atoms with Crippen molar-refractivity contribution in [2.75, 3.05) is 5.73 Å². The van der Waals surface area contributed by atoms with Crippen molar-refractivity contribution < 1.29 is 9.90 Å². The van der Waals surface area contributed by atoms with Gasteiger partial charge in [-0.15, -0.1) is 0 Å². The minimum atomic E-state index is -0.931. The van der Waals surface area contributed by atoms with Gasteiger partial charge in [-0.05, 0) is 97.1 Å². The summed E-state index contributed by atoms with van der Waals surface area (Å²) in [4.78, 5) is 26.3. The van der Waals surface area contributed by atoms with Crippen LogP contribution in [0, 0.1) is 0 Å². The number of aromatic amines is 2. The monoisotopic (exact) mass is 447 g/mol. The predicted molar refractivity (Wildman–Crippen MR) is 137 cm³/mol. The number of hydrogen-bond donors (Lipinski definition) is 4. The number of nitrogens with one attached hydrogen (secondary N) is 2. The second-order valence-corrected chi connectivity index (χ2v) is 7.83. The van der Waals surface area contributed by atoms with Gasteiger partial charge in [0.05, 0.1) is 28.3 Å². The molecule has 2 aliphatic rings. The van der Waals surface area contributed by atoms with Crippen molar-refractivity contribution in [3.63, 3.8) is 0 Å². The van der Waals surface area contributed by atoms with Crippen LogP contribution in [-0.4, -0.2) is 31.0 Å². The number of carboxylic acid groups (broad SMARTS) is 1. The molecule has 0 atom stereocenters. The SMILES string of the molecule is C1=Cc2cc3ccc(cc4nc(cc5ccc(cc1n2)[nH]5)C=C4)[nH]3.Nc1ccc(C(=O)O)cc1. The highest BCUT2D eigenvalue weighted by molar-refractivity contribution is 5.87. The molecule has 0 saturated carbocycles. The first-order valence-electron chi connectivity index (χ1n) is 10.6. The summed E-state index contributed by atoms with van der Waals surface area (Å²) < 4.78 is 0. The van der Waals surface area contributed by atoms with Gasteiger partial charge in [0, 0.05) is 27.8 Å². The summed E-state index contributed by atoms with van der Waals surface area (Å²) in [5.74, 6) is -0.931. The fraction of sp³-hybridized carbons (Fsp3) is 0. The van der Waals surface area contributed by atoms with Crippen LogP contribution in [0.1, 0.15) is 33.1 Å². The van der Waals surface area contributed by atoms with Crippen LogP contribution in [-0.2, 0) is 0 Å². The van der Waals surface area contributed by atoms with Crippen LogP contribution in [0.5, 0.6) is 0 Å². The molecule has 7 nitrogen and oxygen atoms in total. The Morgan fingerprint density at radius 1 is 0.618 bits per heavy atom. The van der Waals surface area contributed by atoms with Crippen molar-refractivity contribution >= 4 is 58.0 Å². The van der Waals surface area contributed by atoms with Gasteiger partial charge in [-0.1, -0.05) is 0 Å². The summed E-state index contributed by atoms with van der Waals surface area (Å²) in [7, 11) is 0. The van der Waals surface area contributed by atoms with E-state index in [1.54, 1.807) is 12.1 Å². The van der Waals surface area contributed by atoms with Crippen LogP contribution in [0.3, 0.4) is 0 Å². The molecule has 0 amide bonds. The number of benzene rings is 1. The molecule has 34 heavy (non-hydrogen) atoms. The van der Waals surface area contributed by atoms with Crippen molar-refractivity contribution in [3.05, 3.63) is 101 Å². The number of fused-ring (bicyclic) bond motifs is 8. The second-order valence-electron chi connectivity index (χ2n) is 7.83. The molecule has 1 aromatic carbocycles. The van der Waals surface area contributed by atoms with Gasteiger partial charge >= 0.3 is 5.97 Å². The third-order valence-corrected chi connectivity index (χ3v) is 5.20. The van der Waals surface area contributed by atoms with Gasteiger partial charge < -0.3 is 20.8 Å². The number of nitrogen functional groups attached to an aromatic ring is 1. The summed E-state index contributed by atoms with van der Waals surface area (Å²) in [6.45, 7) is 0. The third kappa shape index (κ3) is 4.94. The topological polar surface area (TPSA) is 121 Å². The first kappa shape index (κ1) is 21.0. The van der Waals surface area contributed by atoms with Crippen molar-refractivity contribution in [1.82, 2.24) is 19.9 Å². The van der Waals surface area contributed by atoms with Crippen LogP contribution >= 0.6 is 0 Å². The van der Waals surface area contributed by atoms with Crippen molar-refractivity contribution in [1.29, 1.82) is 0 Å². The van der Waals surface area contributed by atoms with Gasteiger partial charge in [-0.25, -0.2) is 14.8 Å². The summed E-state index contributed by atoms with van der Waals surface area (Å²) in [6, 6.07) is 22.4. The molecule has 0 saturated heterocycles. The summed E-state index contributed by atoms with van der Waals surface area (Å²) in [5, 5.41) is 8.43. The Hall–Kier alpha value is -4.91. The Kier molecular flexibility index (Phi) is 5.50. The van der Waals surface area contributed by atoms with Crippen molar-refractivity contribution in [3.8, 4) is 0 Å². The number of aromatic carboxylic acids is 1. The van der Waals surface area contributed by atoms with Crippen LogP contribution in [0.15, 0.2) is 72.8 Å². The highest BCUT2D eigenvalue weighted by atomic mass is 16.4. The van der Waals surface area contributed by atoms with Crippen LogP contribution in [0.2, 0.25) is 0 Å². The number of rotatable bonds is 1. The van der Waals surface area contributed by atoms with Crippen LogP contribution < -0.4 is 5.73 Å². The number of hydrogen-bond acceptors (Lipinski definition) is 4. The largest absolute Gasteiger partial charge is 0.478 e. The molecular formula is C27H21N5O2. The van der Waals surface area contributed by atoms with E-state index in [4.69, 9.17) is 10.8 Å². The Morgan fingerprint density at radius 2 is 0.971 bits per heavy atom. The lowest BCUT2D eigenvalue weighted by Gasteiger charge is -1.93. The fourth-order valence-electron chi connectivity index (χ4n) is 3.57. The second kappa shape index (κ2) is 8.91. The van der Waals surface area contributed by atoms with Crippen molar-refractivity contribution in [2.45, 2.75) is 0 Å². The van der Waals surface area contributed by atoms with E-state index in [-0.39, 0.29) is 5.56 Å². The van der Waals surface area contributed by atoms with Gasteiger partial charge in [0.1, 0.15) is 0 Å². The quantitative estimate of drug-likeness (QED) is 0.244. The lowest BCUT2D eigenvalue weighted by Crippen LogP contribution is -1.95. The molecule has 3 aromatic heterocycles.